The Bertz CT molecular complexity index is 1320. The highest BCUT2D eigenvalue weighted by Gasteiger charge is 2.22. The number of likely N-dealkylation sites (tertiary alicyclic amines) is 1. The minimum Gasteiger partial charge on any atom is -0.361 e. The summed E-state index contributed by atoms with van der Waals surface area (Å²) in [5.41, 5.74) is 7.64. The van der Waals surface area contributed by atoms with Crippen LogP contribution in [0.15, 0.2) is 48.8 Å². The zero-order valence-electron chi connectivity index (χ0n) is 19.7. The molecule has 3 N–H and O–H groups in total. The van der Waals surface area contributed by atoms with Crippen molar-refractivity contribution in [1.29, 1.82) is 0 Å². The molecule has 1 fully saturated rings. The van der Waals surface area contributed by atoms with Gasteiger partial charge in [0.1, 0.15) is 19.8 Å². The number of nitrogens with zero attached hydrogens (tertiary/aromatic N) is 2. The van der Waals surface area contributed by atoms with Gasteiger partial charge in [-0.1, -0.05) is 6.07 Å². The van der Waals surface area contributed by atoms with Gasteiger partial charge in [0.05, 0.1) is 0 Å². The van der Waals surface area contributed by atoms with Gasteiger partial charge in [-0.05, 0) is 80.4 Å². The van der Waals surface area contributed by atoms with Crippen LogP contribution in [0.5, 0.6) is 0 Å². The molecule has 2 aliphatic heterocycles. The molecule has 0 amide bonds. The zero-order chi connectivity index (χ0) is 22.4. The molecular weight excluding hydrogens is 406 g/mol. The van der Waals surface area contributed by atoms with Crippen LogP contribution < -0.4 is 5.32 Å². The van der Waals surface area contributed by atoms with E-state index < -0.39 is 0 Å². The third-order valence-electron chi connectivity index (χ3n) is 7.85. The normalized spacial score (nSPS) is 20.4. The van der Waals surface area contributed by atoms with Crippen LogP contribution in [-0.2, 0) is 0 Å². The standard InChI is InChI=1S/C28H34N5/c1-32-11-7-19(8-12-32)25-17-30-28-16-22(3-5-23(25)28)31-21-4-6-27-24(15-21)26(18-29-27)20-9-13-33(2)14-10-20/h3-6,13,15-20,29-31H,7-12,14H2,1-2H3/q+1. The number of H-pyrrole nitrogens is 2. The molecule has 2 aliphatic rings. The summed E-state index contributed by atoms with van der Waals surface area (Å²) in [4.78, 5) is 9.46. The molecule has 0 aliphatic carbocycles. The van der Waals surface area contributed by atoms with Crippen LogP contribution in [0.1, 0.15) is 48.6 Å². The first-order valence-electron chi connectivity index (χ1n) is 12.4. The first-order valence-corrected chi connectivity index (χ1v) is 12.4. The van der Waals surface area contributed by atoms with Crippen LogP contribution in [0.3, 0.4) is 0 Å². The molecule has 4 aromatic rings. The summed E-state index contributed by atoms with van der Waals surface area (Å²) >= 11 is 0. The topological polar surface area (TPSA) is 49.9 Å². The van der Waals surface area contributed by atoms with E-state index in [1.807, 2.05) is 0 Å². The predicted octanol–water partition coefficient (Wildman–Crippen LogP) is 5.79. The number of piperidine rings is 1. The van der Waals surface area contributed by atoms with Crippen molar-refractivity contribution in [2.24, 2.45) is 0 Å². The predicted molar refractivity (Wildman–Crippen MR) is 138 cm³/mol. The number of aromatic nitrogens is 2. The summed E-state index contributed by atoms with van der Waals surface area (Å²) in [7, 11) is 4.40. The van der Waals surface area contributed by atoms with Crippen molar-refractivity contribution in [2.75, 3.05) is 39.0 Å². The van der Waals surface area contributed by atoms with Gasteiger partial charge in [0.25, 0.3) is 0 Å². The minimum absolute atomic E-state index is 0.596. The second-order valence-corrected chi connectivity index (χ2v) is 10.1. The van der Waals surface area contributed by atoms with E-state index in [4.69, 9.17) is 0 Å². The number of aromatic amines is 2. The summed E-state index contributed by atoms with van der Waals surface area (Å²) in [6.07, 6.45) is 11.6. The largest absolute Gasteiger partial charge is 0.361 e. The maximum absolute atomic E-state index is 3.65. The van der Waals surface area contributed by atoms with E-state index in [9.17, 15) is 0 Å². The average Bonchev–Trinajstić information content (AvgIpc) is 3.44. The van der Waals surface area contributed by atoms with Gasteiger partial charge in [0, 0.05) is 64.3 Å². The van der Waals surface area contributed by atoms with Crippen LogP contribution >= 0.6 is 0 Å². The van der Waals surface area contributed by atoms with Crippen molar-refractivity contribution >= 4 is 39.4 Å². The van der Waals surface area contributed by atoms with Gasteiger partial charge in [-0.2, -0.15) is 0 Å². The highest BCUT2D eigenvalue weighted by atomic mass is 15.1. The second-order valence-electron chi connectivity index (χ2n) is 10.1. The number of hydrogen-bond donors (Lipinski definition) is 3. The van der Waals surface area contributed by atoms with Gasteiger partial charge in [0.2, 0.25) is 0 Å². The van der Waals surface area contributed by atoms with Gasteiger partial charge < -0.3 is 20.2 Å². The quantitative estimate of drug-likeness (QED) is 0.352. The van der Waals surface area contributed by atoms with Crippen molar-refractivity contribution in [3.63, 3.8) is 0 Å². The fraction of sp³-hybridized carbons (Fsp3) is 0.393. The molecule has 2 aromatic heterocycles. The Balaban J connectivity index is 1.25. The third-order valence-corrected chi connectivity index (χ3v) is 7.85. The molecule has 5 nitrogen and oxygen atoms in total. The van der Waals surface area contributed by atoms with Crippen LogP contribution in [-0.4, -0.2) is 59.4 Å². The van der Waals surface area contributed by atoms with Crippen LogP contribution in [0.25, 0.3) is 21.8 Å². The summed E-state index contributed by atoms with van der Waals surface area (Å²) < 4.78 is 2.31. The van der Waals surface area contributed by atoms with Gasteiger partial charge in [0.15, 0.2) is 0 Å². The third kappa shape index (κ3) is 3.95. The van der Waals surface area contributed by atoms with Crippen LogP contribution in [0.2, 0.25) is 0 Å². The van der Waals surface area contributed by atoms with Crippen molar-refractivity contribution in [2.45, 2.75) is 37.5 Å². The molecule has 170 valence electrons. The van der Waals surface area contributed by atoms with Crippen molar-refractivity contribution < 1.29 is 4.58 Å². The summed E-state index contributed by atoms with van der Waals surface area (Å²) in [5, 5.41) is 6.37. The zero-order valence-corrected chi connectivity index (χ0v) is 19.7. The highest BCUT2D eigenvalue weighted by molar-refractivity contribution is 5.90. The van der Waals surface area contributed by atoms with E-state index in [-0.39, 0.29) is 0 Å². The van der Waals surface area contributed by atoms with Crippen LogP contribution in [0, 0.1) is 0 Å². The van der Waals surface area contributed by atoms with E-state index in [0.717, 1.165) is 24.3 Å². The molecule has 33 heavy (non-hydrogen) atoms. The molecule has 0 saturated carbocycles. The molecule has 1 atom stereocenters. The first kappa shape index (κ1) is 20.5. The Labute approximate surface area is 195 Å². The molecule has 5 heteroatoms. The van der Waals surface area contributed by atoms with Gasteiger partial charge in [-0.15, -0.1) is 0 Å². The van der Waals surface area contributed by atoms with Gasteiger partial charge in [-0.25, -0.2) is 4.58 Å². The second kappa shape index (κ2) is 8.38. The number of benzene rings is 2. The fourth-order valence-corrected chi connectivity index (χ4v) is 5.77. The maximum atomic E-state index is 3.65. The van der Waals surface area contributed by atoms with E-state index in [1.54, 1.807) is 0 Å². The lowest BCUT2D eigenvalue weighted by molar-refractivity contribution is -0.498. The molecule has 2 aromatic carbocycles. The molecule has 6 rings (SSSR count). The number of anilines is 2. The Hall–Kier alpha value is -3.05. The fourth-order valence-electron chi connectivity index (χ4n) is 5.77. The molecule has 0 spiro atoms. The van der Waals surface area contributed by atoms with Crippen molar-refractivity contribution in [3.8, 4) is 0 Å². The van der Waals surface area contributed by atoms with Crippen molar-refractivity contribution in [1.82, 2.24) is 14.9 Å². The van der Waals surface area contributed by atoms with E-state index in [2.05, 4.69) is 93.9 Å². The van der Waals surface area contributed by atoms with E-state index >= 15 is 0 Å². The summed E-state index contributed by atoms with van der Waals surface area (Å²) in [5.74, 6) is 1.26. The summed E-state index contributed by atoms with van der Waals surface area (Å²) in [6, 6.07) is 13.4. The van der Waals surface area contributed by atoms with Gasteiger partial charge >= 0.3 is 0 Å². The lowest BCUT2D eigenvalue weighted by Gasteiger charge is -2.28. The number of nitrogens with one attached hydrogen (secondary N) is 3. The van der Waals surface area contributed by atoms with E-state index in [0.29, 0.717) is 11.8 Å². The number of hydrogen-bond acceptors (Lipinski definition) is 2. The Kier molecular flexibility index (Phi) is 5.22. The Morgan fingerprint density at radius 1 is 0.848 bits per heavy atom. The van der Waals surface area contributed by atoms with Gasteiger partial charge in [-0.3, -0.25) is 0 Å². The number of rotatable bonds is 4. The highest BCUT2D eigenvalue weighted by Crippen LogP contribution is 2.36. The van der Waals surface area contributed by atoms with Crippen LogP contribution in [0.4, 0.5) is 11.4 Å². The first-order chi connectivity index (χ1) is 16.1. The van der Waals surface area contributed by atoms with Crippen molar-refractivity contribution in [3.05, 3.63) is 59.9 Å². The van der Waals surface area contributed by atoms with E-state index in [1.165, 1.54) is 65.3 Å². The smallest absolute Gasteiger partial charge is 0.142 e. The Morgan fingerprint density at radius 2 is 1.58 bits per heavy atom. The monoisotopic (exact) mass is 440 g/mol. The molecule has 4 heterocycles. The lowest BCUT2D eigenvalue weighted by atomic mass is 9.89. The number of fused-ring (bicyclic) bond motifs is 2. The average molecular weight is 441 g/mol. The molecule has 1 saturated heterocycles. The molecular formula is C28H34N5+. The Morgan fingerprint density at radius 3 is 2.36 bits per heavy atom. The summed E-state index contributed by atoms with van der Waals surface area (Å²) in [6.45, 7) is 3.51. The minimum atomic E-state index is 0.596. The molecule has 0 bridgehead atoms. The maximum Gasteiger partial charge on any atom is 0.142 e. The molecule has 0 radical (unpaired) electrons. The SMILES string of the molecule is CN1CCC(c2c[nH]c3cc(Nc4ccc5[nH]cc(C6CC=[N+](C)CC6)c5c4)ccc23)CC1. The molecule has 1 unspecified atom stereocenters. The lowest BCUT2D eigenvalue weighted by Crippen LogP contribution is -2.29.